The molecule has 2 heteroatoms. The van der Waals surface area contributed by atoms with Crippen LogP contribution in [0.3, 0.4) is 0 Å². The fourth-order valence-corrected chi connectivity index (χ4v) is 8.14. The first-order valence-electron chi connectivity index (χ1n) is 6.60. The summed E-state index contributed by atoms with van der Waals surface area (Å²) in [5, 5.41) is 9.74. The van der Waals surface area contributed by atoms with Gasteiger partial charge in [0, 0.05) is 6.42 Å². The topological polar surface area (TPSA) is 20.2 Å². The second-order valence-corrected chi connectivity index (χ2v) is 11.3. The quantitative estimate of drug-likeness (QED) is 0.443. The van der Waals surface area contributed by atoms with Gasteiger partial charge in [0.25, 0.3) is 0 Å². The second-order valence-electron chi connectivity index (χ2n) is 5.71. The van der Waals surface area contributed by atoms with E-state index in [4.69, 9.17) is 0 Å². The van der Waals surface area contributed by atoms with Gasteiger partial charge >= 0.3 is 0 Å². The van der Waals surface area contributed by atoms with E-state index in [0.717, 1.165) is 0 Å². The van der Waals surface area contributed by atoms with Gasteiger partial charge in [-0.3, -0.25) is 0 Å². The summed E-state index contributed by atoms with van der Waals surface area (Å²) in [6, 6.07) is 0. The van der Waals surface area contributed by atoms with Crippen LogP contribution in [0.1, 0.15) is 48.0 Å². The van der Waals surface area contributed by atoms with E-state index in [9.17, 15) is 5.11 Å². The Balaban J connectivity index is 5.25. The van der Waals surface area contributed by atoms with Gasteiger partial charge in [-0.25, -0.2) is 0 Å². The molecule has 0 aliphatic rings. The lowest BCUT2D eigenvalue weighted by Crippen LogP contribution is -2.43. The Labute approximate surface area is 108 Å². The molecule has 0 aliphatic carbocycles. The molecule has 0 aromatic carbocycles. The molecule has 0 radical (unpaired) electrons. The Bertz CT molecular complexity index is 272. The van der Waals surface area contributed by atoms with Gasteiger partial charge in [-0.1, -0.05) is 53.5 Å². The third kappa shape index (κ3) is 4.01. The Morgan fingerprint density at radius 1 is 1.06 bits per heavy atom. The highest BCUT2D eigenvalue weighted by Crippen LogP contribution is 2.40. The smallest absolute Gasteiger partial charge is 0.146 e. The van der Waals surface area contributed by atoms with Crippen LogP contribution in [0.4, 0.5) is 0 Å². The molecule has 17 heavy (non-hydrogen) atoms. The molecule has 1 N–H and O–H groups in total. The van der Waals surface area contributed by atoms with Gasteiger partial charge in [0.05, 0.1) is 0 Å². The maximum atomic E-state index is 9.74. The normalized spacial score (nSPS) is 13.8. The highest BCUT2D eigenvalue weighted by atomic mass is 28.3. The van der Waals surface area contributed by atoms with E-state index >= 15 is 0 Å². The van der Waals surface area contributed by atoms with Gasteiger partial charge in [-0.15, -0.1) is 12.1 Å². The highest BCUT2D eigenvalue weighted by Gasteiger charge is 2.41. The number of hydrogen-bond acceptors (Lipinski definition) is 1. The second kappa shape index (κ2) is 7.03. The Morgan fingerprint density at radius 3 is 1.76 bits per heavy atom. The van der Waals surface area contributed by atoms with Crippen molar-refractivity contribution in [1.82, 2.24) is 0 Å². The molecule has 1 nitrogen and oxygen atoms in total. The van der Waals surface area contributed by atoms with Crippen molar-refractivity contribution in [3.8, 4) is 11.5 Å². The minimum atomic E-state index is -1.67. The molecule has 0 aliphatic heterocycles. The summed E-state index contributed by atoms with van der Waals surface area (Å²) in [4.78, 5) is 0. The average Bonchev–Trinajstić information content (AvgIpc) is 2.17. The highest BCUT2D eigenvalue weighted by molar-refractivity contribution is 6.90. The van der Waals surface area contributed by atoms with Crippen molar-refractivity contribution in [2.75, 3.05) is 0 Å². The van der Waals surface area contributed by atoms with Crippen molar-refractivity contribution in [2.45, 2.75) is 70.7 Å². The molecule has 98 valence electrons. The summed E-state index contributed by atoms with van der Waals surface area (Å²) in [7, 11) is -1.67. The largest absolute Gasteiger partial charge is 0.380 e. The van der Waals surface area contributed by atoms with E-state index in [0.29, 0.717) is 23.0 Å². The molecule has 0 fully saturated rings. The van der Waals surface area contributed by atoms with E-state index in [-0.39, 0.29) is 0 Å². The fourth-order valence-electron chi connectivity index (χ4n) is 2.86. The number of rotatable bonds is 5. The summed E-state index contributed by atoms with van der Waals surface area (Å²) in [5.41, 5.74) is 5.36. The zero-order valence-electron chi connectivity index (χ0n) is 12.2. The van der Waals surface area contributed by atoms with Crippen LogP contribution >= 0.6 is 0 Å². The molecule has 0 unspecified atom stereocenters. The van der Waals surface area contributed by atoms with Crippen LogP contribution in [0, 0.1) is 11.5 Å². The van der Waals surface area contributed by atoms with Crippen molar-refractivity contribution < 1.29 is 5.11 Å². The molecule has 0 saturated carbocycles. The predicted octanol–water partition coefficient (Wildman–Crippen LogP) is 4.14. The lowest BCUT2D eigenvalue weighted by Gasteiger charge is -2.38. The van der Waals surface area contributed by atoms with E-state index in [2.05, 4.69) is 59.6 Å². The minimum Gasteiger partial charge on any atom is -0.380 e. The summed E-state index contributed by atoms with van der Waals surface area (Å²) in [6.45, 7) is 17.3. The van der Waals surface area contributed by atoms with Gasteiger partial charge in [0.15, 0.2) is 0 Å². The first kappa shape index (κ1) is 16.5. The Kier molecular flexibility index (Phi) is 6.82. The van der Waals surface area contributed by atoms with Crippen LogP contribution in [-0.4, -0.2) is 19.3 Å². The van der Waals surface area contributed by atoms with Crippen LogP contribution in [-0.2, 0) is 0 Å². The van der Waals surface area contributed by atoms with Crippen molar-refractivity contribution in [3.05, 3.63) is 12.7 Å². The van der Waals surface area contributed by atoms with Gasteiger partial charge in [-0.05, 0) is 16.6 Å². The van der Waals surface area contributed by atoms with Crippen molar-refractivity contribution in [1.29, 1.82) is 0 Å². The van der Waals surface area contributed by atoms with Crippen LogP contribution in [0.5, 0.6) is 0 Å². The summed E-state index contributed by atoms with van der Waals surface area (Å²) >= 11 is 0. The van der Waals surface area contributed by atoms with Gasteiger partial charge in [0.2, 0.25) is 0 Å². The lowest BCUT2D eigenvalue weighted by molar-refractivity contribution is 0.236. The Hall–Kier alpha value is -0.523. The molecule has 0 heterocycles. The number of aliphatic hydroxyl groups is 1. The van der Waals surface area contributed by atoms with Crippen molar-refractivity contribution in [3.63, 3.8) is 0 Å². The van der Waals surface area contributed by atoms with Crippen molar-refractivity contribution in [2.24, 2.45) is 0 Å². The van der Waals surface area contributed by atoms with Gasteiger partial charge in [-0.2, -0.15) is 0 Å². The summed E-state index contributed by atoms with van der Waals surface area (Å²) in [6.07, 6.45) is 1.74. The Morgan fingerprint density at radius 2 is 1.47 bits per heavy atom. The molecule has 0 saturated heterocycles. The molecule has 0 amide bonds. The van der Waals surface area contributed by atoms with Crippen LogP contribution in [0.25, 0.3) is 0 Å². The van der Waals surface area contributed by atoms with E-state index in [1.165, 1.54) is 0 Å². The molecule has 0 aromatic heterocycles. The molecular weight excluding hydrogens is 224 g/mol. The first-order chi connectivity index (χ1) is 7.78. The SMILES string of the molecule is C=CC[C@@H](O)C#C[Si](C(C)C)(C(C)C)C(C)C. The van der Waals surface area contributed by atoms with Crippen LogP contribution in [0.15, 0.2) is 12.7 Å². The third-order valence-electron chi connectivity index (χ3n) is 3.71. The first-order valence-corrected chi connectivity index (χ1v) is 8.83. The summed E-state index contributed by atoms with van der Waals surface area (Å²) in [5.74, 6) is 3.06. The molecule has 0 rings (SSSR count). The average molecular weight is 252 g/mol. The molecule has 1 atom stereocenters. The zero-order chi connectivity index (χ0) is 13.6. The lowest BCUT2D eigenvalue weighted by atomic mass is 10.3. The molecule has 0 aromatic rings. The molecular formula is C15H28OSi. The van der Waals surface area contributed by atoms with Crippen LogP contribution < -0.4 is 0 Å². The van der Waals surface area contributed by atoms with Crippen LogP contribution in [0.2, 0.25) is 16.6 Å². The van der Waals surface area contributed by atoms with E-state index < -0.39 is 14.2 Å². The maximum absolute atomic E-state index is 9.74. The molecule has 0 spiro atoms. The maximum Gasteiger partial charge on any atom is 0.146 e. The third-order valence-corrected chi connectivity index (χ3v) is 10.0. The zero-order valence-corrected chi connectivity index (χ0v) is 13.2. The number of aliphatic hydroxyl groups excluding tert-OH is 1. The van der Waals surface area contributed by atoms with Gasteiger partial charge in [0.1, 0.15) is 14.2 Å². The monoisotopic (exact) mass is 252 g/mol. The summed E-state index contributed by atoms with van der Waals surface area (Å²) < 4.78 is 0. The molecule has 0 bridgehead atoms. The van der Waals surface area contributed by atoms with E-state index in [1.807, 2.05) is 0 Å². The van der Waals surface area contributed by atoms with Gasteiger partial charge < -0.3 is 5.11 Å². The van der Waals surface area contributed by atoms with E-state index in [1.54, 1.807) is 6.08 Å². The van der Waals surface area contributed by atoms with Crippen molar-refractivity contribution >= 4 is 8.07 Å². The standard InChI is InChI=1S/C15H28OSi/c1-8-9-15(16)10-11-17(12(2)3,13(4)5)14(6)7/h8,12-16H,1,9H2,2-7H3/t15-/m1/s1. The number of hydrogen-bond donors (Lipinski definition) is 1. The predicted molar refractivity (Wildman–Crippen MR) is 79.6 cm³/mol. The minimum absolute atomic E-state index is 0.546. The fraction of sp³-hybridized carbons (Fsp3) is 0.733.